The average Bonchev–Trinajstić information content (AvgIpc) is 2.66. The monoisotopic (exact) mass is 396 g/mol. The second-order valence-corrected chi connectivity index (χ2v) is 6.91. The summed E-state index contributed by atoms with van der Waals surface area (Å²) in [4.78, 5) is 16.1. The molecule has 1 amide bonds. The molecule has 1 aromatic heterocycles. The Hall–Kier alpha value is -2.48. The molecular formula is C20H20F4N2O2. The van der Waals surface area contributed by atoms with Gasteiger partial charge in [-0.2, -0.15) is 13.2 Å². The molecule has 3 rings (SSSR count). The summed E-state index contributed by atoms with van der Waals surface area (Å²) in [6, 6.07) is 8.06. The maximum absolute atomic E-state index is 13.3. The molecule has 1 aliphatic rings. The van der Waals surface area contributed by atoms with Crippen LogP contribution in [0.3, 0.4) is 0 Å². The predicted octanol–water partition coefficient (Wildman–Crippen LogP) is 4.03. The number of carbonyl (C=O) groups excluding carboxylic acids is 1. The van der Waals surface area contributed by atoms with Gasteiger partial charge in [0.15, 0.2) is 0 Å². The van der Waals surface area contributed by atoms with Gasteiger partial charge in [0, 0.05) is 25.2 Å². The molecule has 150 valence electrons. The summed E-state index contributed by atoms with van der Waals surface area (Å²) in [5.41, 5.74) is -0.465. The molecule has 0 unspecified atom stereocenters. The molecular weight excluding hydrogens is 376 g/mol. The fourth-order valence-corrected chi connectivity index (χ4v) is 3.44. The topological polar surface area (TPSA) is 51.2 Å². The van der Waals surface area contributed by atoms with Crippen LogP contribution in [0.25, 0.3) is 0 Å². The van der Waals surface area contributed by atoms with Crippen LogP contribution in [-0.4, -0.2) is 30.6 Å². The van der Waals surface area contributed by atoms with Crippen LogP contribution in [0.2, 0.25) is 0 Å². The number of rotatable bonds is 4. The van der Waals surface area contributed by atoms with Gasteiger partial charge in [0.05, 0.1) is 11.3 Å². The smallest absolute Gasteiger partial charge is 0.381 e. The predicted molar refractivity (Wildman–Crippen MR) is 94.4 cm³/mol. The van der Waals surface area contributed by atoms with Crippen LogP contribution >= 0.6 is 0 Å². The minimum Gasteiger partial charge on any atom is -0.381 e. The van der Waals surface area contributed by atoms with Gasteiger partial charge in [-0.05, 0) is 49.6 Å². The fourth-order valence-electron chi connectivity index (χ4n) is 3.44. The Morgan fingerprint density at radius 2 is 1.79 bits per heavy atom. The summed E-state index contributed by atoms with van der Waals surface area (Å²) in [6.07, 6.45) is -3.28. The van der Waals surface area contributed by atoms with Crippen LogP contribution in [0.4, 0.5) is 17.6 Å². The Bertz CT molecular complexity index is 844. The van der Waals surface area contributed by atoms with Gasteiger partial charge < -0.3 is 10.1 Å². The second-order valence-electron chi connectivity index (χ2n) is 6.91. The lowest BCUT2D eigenvalue weighted by Gasteiger charge is -2.38. The molecule has 0 radical (unpaired) electrons. The van der Waals surface area contributed by atoms with Gasteiger partial charge in [-0.1, -0.05) is 12.1 Å². The summed E-state index contributed by atoms with van der Waals surface area (Å²) in [5, 5.41) is 2.81. The maximum Gasteiger partial charge on any atom is 0.433 e. The van der Waals surface area contributed by atoms with Gasteiger partial charge in [0.25, 0.3) is 5.91 Å². The molecule has 1 aliphatic heterocycles. The van der Waals surface area contributed by atoms with E-state index in [4.69, 9.17) is 4.74 Å². The second kappa shape index (κ2) is 7.87. The highest BCUT2D eigenvalue weighted by molar-refractivity contribution is 5.95. The Morgan fingerprint density at radius 3 is 2.36 bits per heavy atom. The largest absolute Gasteiger partial charge is 0.433 e. The zero-order chi connectivity index (χ0) is 20.4. The maximum atomic E-state index is 13.3. The zero-order valence-corrected chi connectivity index (χ0v) is 15.3. The van der Waals surface area contributed by atoms with E-state index in [-0.39, 0.29) is 23.6 Å². The summed E-state index contributed by atoms with van der Waals surface area (Å²) in [7, 11) is 0. The Kier molecular flexibility index (Phi) is 5.69. The van der Waals surface area contributed by atoms with Crippen molar-refractivity contribution in [3.8, 4) is 0 Å². The van der Waals surface area contributed by atoms with Gasteiger partial charge in [-0.3, -0.25) is 4.79 Å². The molecule has 1 aromatic carbocycles. The molecule has 1 N–H and O–H groups in total. The van der Waals surface area contributed by atoms with E-state index in [1.165, 1.54) is 19.1 Å². The number of ether oxygens (including phenoxy) is 1. The molecule has 0 saturated carbocycles. The van der Waals surface area contributed by atoms with Crippen molar-refractivity contribution in [1.82, 2.24) is 10.3 Å². The van der Waals surface area contributed by atoms with Crippen molar-refractivity contribution in [2.75, 3.05) is 19.8 Å². The van der Waals surface area contributed by atoms with Crippen molar-refractivity contribution in [3.05, 3.63) is 64.7 Å². The number of nitrogens with one attached hydrogen (secondary N) is 1. The van der Waals surface area contributed by atoms with Gasteiger partial charge in [0.2, 0.25) is 0 Å². The van der Waals surface area contributed by atoms with Crippen molar-refractivity contribution in [2.45, 2.75) is 31.4 Å². The van der Waals surface area contributed by atoms with E-state index in [9.17, 15) is 22.4 Å². The molecule has 0 spiro atoms. The van der Waals surface area contributed by atoms with Gasteiger partial charge in [-0.25, -0.2) is 9.37 Å². The first-order chi connectivity index (χ1) is 13.2. The van der Waals surface area contributed by atoms with Crippen LogP contribution in [-0.2, 0) is 16.3 Å². The van der Waals surface area contributed by atoms with Crippen molar-refractivity contribution in [2.24, 2.45) is 0 Å². The van der Waals surface area contributed by atoms with Crippen molar-refractivity contribution in [1.29, 1.82) is 0 Å². The number of benzene rings is 1. The van der Waals surface area contributed by atoms with Crippen LogP contribution in [0.15, 0.2) is 36.4 Å². The molecule has 2 heterocycles. The van der Waals surface area contributed by atoms with E-state index in [1.54, 1.807) is 12.1 Å². The number of halogens is 4. The number of aryl methyl sites for hydroxylation is 1. The van der Waals surface area contributed by atoms with E-state index in [0.29, 0.717) is 26.1 Å². The Balaban J connectivity index is 1.78. The standard InChI is InChI=1S/C20H20F4N2O2/c1-13-16(6-7-17(26-13)20(22,23)24)18(27)25-12-19(8-10-28-11-9-19)14-2-4-15(21)5-3-14/h2-7H,8-12H2,1H3,(H,25,27). The zero-order valence-electron chi connectivity index (χ0n) is 15.3. The van der Waals surface area contributed by atoms with Crippen molar-refractivity contribution < 1.29 is 27.1 Å². The fraction of sp³-hybridized carbons (Fsp3) is 0.400. The molecule has 1 fully saturated rings. The molecule has 0 bridgehead atoms. The number of aromatic nitrogens is 1. The highest BCUT2D eigenvalue weighted by Crippen LogP contribution is 2.34. The van der Waals surface area contributed by atoms with E-state index >= 15 is 0 Å². The third-order valence-corrected chi connectivity index (χ3v) is 5.11. The van der Waals surface area contributed by atoms with Crippen molar-refractivity contribution >= 4 is 5.91 Å². The molecule has 8 heteroatoms. The lowest BCUT2D eigenvalue weighted by atomic mass is 9.74. The quantitative estimate of drug-likeness (QED) is 0.794. The number of hydrogen-bond donors (Lipinski definition) is 1. The first kappa shape index (κ1) is 20.3. The molecule has 28 heavy (non-hydrogen) atoms. The lowest BCUT2D eigenvalue weighted by molar-refractivity contribution is -0.141. The Morgan fingerprint density at radius 1 is 1.14 bits per heavy atom. The third-order valence-electron chi connectivity index (χ3n) is 5.11. The number of nitrogens with zero attached hydrogens (tertiary/aromatic N) is 1. The summed E-state index contributed by atoms with van der Waals surface area (Å²) >= 11 is 0. The minimum atomic E-state index is -4.56. The van der Waals surface area contributed by atoms with Crippen LogP contribution in [0, 0.1) is 12.7 Å². The van der Waals surface area contributed by atoms with E-state index < -0.39 is 23.2 Å². The van der Waals surface area contributed by atoms with Gasteiger partial charge in [0.1, 0.15) is 11.5 Å². The van der Waals surface area contributed by atoms with Crippen LogP contribution in [0.5, 0.6) is 0 Å². The highest BCUT2D eigenvalue weighted by Gasteiger charge is 2.36. The number of hydrogen-bond acceptors (Lipinski definition) is 3. The van der Waals surface area contributed by atoms with Gasteiger partial charge in [-0.15, -0.1) is 0 Å². The first-order valence-corrected chi connectivity index (χ1v) is 8.88. The first-order valence-electron chi connectivity index (χ1n) is 8.88. The molecule has 0 aliphatic carbocycles. The summed E-state index contributed by atoms with van der Waals surface area (Å²) in [6.45, 7) is 2.65. The average molecular weight is 396 g/mol. The van der Waals surface area contributed by atoms with Crippen molar-refractivity contribution in [3.63, 3.8) is 0 Å². The van der Waals surface area contributed by atoms with E-state index in [2.05, 4.69) is 10.3 Å². The molecule has 2 aromatic rings. The highest BCUT2D eigenvalue weighted by atomic mass is 19.4. The van der Waals surface area contributed by atoms with E-state index in [1.807, 2.05) is 0 Å². The number of carbonyl (C=O) groups is 1. The van der Waals surface area contributed by atoms with Crippen LogP contribution < -0.4 is 5.32 Å². The summed E-state index contributed by atoms with van der Waals surface area (Å²) < 4.78 is 57.0. The third kappa shape index (κ3) is 4.32. The normalized spacial score (nSPS) is 16.6. The van der Waals surface area contributed by atoms with Crippen LogP contribution in [0.1, 0.15) is 40.2 Å². The summed E-state index contributed by atoms with van der Waals surface area (Å²) in [5.74, 6) is -0.840. The van der Waals surface area contributed by atoms with Gasteiger partial charge >= 0.3 is 6.18 Å². The lowest BCUT2D eigenvalue weighted by Crippen LogP contribution is -2.44. The number of amides is 1. The number of pyridine rings is 1. The molecule has 0 atom stereocenters. The minimum absolute atomic E-state index is 0.00938. The SMILES string of the molecule is Cc1nc(C(F)(F)F)ccc1C(=O)NCC1(c2ccc(F)cc2)CCOCC1. The number of alkyl halides is 3. The molecule has 1 saturated heterocycles. The van der Waals surface area contributed by atoms with E-state index in [0.717, 1.165) is 17.7 Å². The Labute approximate surface area is 159 Å². The molecule has 4 nitrogen and oxygen atoms in total.